The summed E-state index contributed by atoms with van der Waals surface area (Å²) in [5.74, 6) is 0. The summed E-state index contributed by atoms with van der Waals surface area (Å²) < 4.78 is 1.72. The van der Waals surface area contributed by atoms with Crippen molar-refractivity contribution in [2.24, 2.45) is 0 Å². The lowest BCUT2D eigenvalue weighted by Gasteiger charge is -2.14. The molecule has 3 rings (SSSR count). The molecule has 0 amide bonds. The molecule has 112 valence electrons. The molecule has 1 heterocycles. The van der Waals surface area contributed by atoms with Gasteiger partial charge in [-0.05, 0) is 49.1 Å². The molecule has 1 N–H and O–H groups in total. The molecule has 2 aromatic rings. The molecule has 1 aliphatic rings. The number of nitriles is 1. The van der Waals surface area contributed by atoms with Crippen molar-refractivity contribution in [1.29, 1.82) is 5.26 Å². The van der Waals surface area contributed by atoms with Gasteiger partial charge < -0.3 is 9.88 Å². The molecule has 0 fully saturated rings. The summed E-state index contributed by atoms with van der Waals surface area (Å²) in [6, 6.07) is 12.1. The van der Waals surface area contributed by atoms with Gasteiger partial charge in [-0.1, -0.05) is 12.1 Å². The number of hydrogen-bond acceptors (Lipinski definition) is 3. The van der Waals surface area contributed by atoms with Crippen molar-refractivity contribution in [1.82, 2.24) is 9.88 Å². The van der Waals surface area contributed by atoms with Crippen LogP contribution in [0, 0.1) is 11.3 Å². The summed E-state index contributed by atoms with van der Waals surface area (Å²) >= 11 is 0. The molecule has 0 bridgehead atoms. The largest absolute Gasteiger partial charge is 0.316 e. The maximum Gasteiger partial charge on any atom is 0.255 e. The van der Waals surface area contributed by atoms with Crippen LogP contribution >= 0.6 is 0 Å². The number of rotatable bonds is 4. The van der Waals surface area contributed by atoms with Crippen LogP contribution < -0.4 is 10.9 Å². The zero-order chi connectivity index (χ0) is 15.5. The highest BCUT2D eigenvalue weighted by atomic mass is 16.1. The third-order valence-electron chi connectivity index (χ3n) is 4.33. The van der Waals surface area contributed by atoms with Gasteiger partial charge in [-0.2, -0.15) is 5.26 Å². The fourth-order valence-electron chi connectivity index (χ4n) is 3.10. The molecule has 0 spiro atoms. The minimum absolute atomic E-state index is 0.0792. The van der Waals surface area contributed by atoms with E-state index in [9.17, 15) is 4.79 Å². The fraction of sp³-hybridized carbons (Fsp3) is 0.333. The summed E-state index contributed by atoms with van der Waals surface area (Å²) in [6.07, 6.45) is 3.82. The number of nitrogens with one attached hydrogen (secondary N) is 1. The van der Waals surface area contributed by atoms with Gasteiger partial charge >= 0.3 is 0 Å². The zero-order valence-corrected chi connectivity index (χ0v) is 12.7. The Morgan fingerprint density at radius 1 is 1.41 bits per heavy atom. The predicted molar refractivity (Wildman–Crippen MR) is 85.4 cm³/mol. The van der Waals surface area contributed by atoms with Crippen LogP contribution in [-0.4, -0.2) is 4.57 Å². The van der Waals surface area contributed by atoms with Crippen LogP contribution in [-0.2, 0) is 19.5 Å². The maximum atomic E-state index is 12.2. The molecule has 1 unspecified atom stereocenters. The molecule has 0 radical (unpaired) electrons. The van der Waals surface area contributed by atoms with E-state index in [0.29, 0.717) is 18.7 Å². The Kier molecular flexibility index (Phi) is 4.08. The van der Waals surface area contributed by atoms with Crippen LogP contribution in [0.4, 0.5) is 0 Å². The van der Waals surface area contributed by atoms with E-state index in [1.807, 2.05) is 43.5 Å². The van der Waals surface area contributed by atoms with E-state index >= 15 is 0 Å². The highest BCUT2D eigenvalue weighted by Crippen LogP contribution is 2.31. The Labute approximate surface area is 130 Å². The first-order chi connectivity index (χ1) is 10.7. The van der Waals surface area contributed by atoms with Crippen LogP contribution in [0.1, 0.15) is 41.6 Å². The van der Waals surface area contributed by atoms with Crippen molar-refractivity contribution in [3.8, 4) is 6.07 Å². The monoisotopic (exact) mass is 293 g/mol. The van der Waals surface area contributed by atoms with Crippen LogP contribution in [0.2, 0.25) is 0 Å². The Morgan fingerprint density at radius 3 is 3.05 bits per heavy atom. The Hall–Kier alpha value is -2.38. The second-order valence-corrected chi connectivity index (χ2v) is 5.62. The van der Waals surface area contributed by atoms with Gasteiger partial charge in [-0.3, -0.25) is 4.79 Å². The quantitative estimate of drug-likeness (QED) is 0.942. The average Bonchev–Trinajstić information content (AvgIpc) is 2.96. The van der Waals surface area contributed by atoms with Crippen molar-refractivity contribution < 1.29 is 0 Å². The first kappa shape index (κ1) is 14.6. The smallest absolute Gasteiger partial charge is 0.255 e. The van der Waals surface area contributed by atoms with E-state index in [-0.39, 0.29) is 11.6 Å². The number of benzene rings is 1. The van der Waals surface area contributed by atoms with Gasteiger partial charge in [0, 0.05) is 30.9 Å². The highest BCUT2D eigenvalue weighted by Gasteiger charge is 2.22. The topological polar surface area (TPSA) is 57.8 Å². The predicted octanol–water partition coefficient (Wildman–Crippen LogP) is 2.52. The Bertz CT molecular complexity index is 786. The second-order valence-electron chi connectivity index (χ2n) is 5.62. The molecule has 22 heavy (non-hydrogen) atoms. The second kappa shape index (κ2) is 6.17. The van der Waals surface area contributed by atoms with Gasteiger partial charge in [0.2, 0.25) is 0 Å². The summed E-state index contributed by atoms with van der Waals surface area (Å²) in [5, 5.41) is 12.5. The third kappa shape index (κ3) is 2.68. The number of aryl methyl sites for hydroxylation is 2. The van der Waals surface area contributed by atoms with Crippen LogP contribution in [0.5, 0.6) is 0 Å². The third-order valence-corrected chi connectivity index (χ3v) is 4.33. The normalized spacial score (nSPS) is 16.3. The molecule has 0 saturated carbocycles. The number of aromatic nitrogens is 1. The first-order valence-electron chi connectivity index (χ1n) is 7.67. The van der Waals surface area contributed by atoms with Crippen molar-refractivity contribution in [2.45, 2.75) is 38.9 Å². The van der Waals surface area contributed by atoms with Crippen LogP contribution in [0.3, 0.4) is 0 Å². The lowest BCUT2D eigenvalue weighted by Crippen LogP contribution is -2.27. The summed E-state index contributed by atoms with van der Waals surface area (Å²) in [5.41, 5.74) is 4.09. The molecule has 1 atom stereocenters. The molecule has 0 saturated heterocycles. The molecule has 1 aromatic heterocycles. The standard InChI is InChI=1S/C18H19N3O/c1-2-21-9-3-4-15(18(21)22)12-20-17-8-6-14-10-13(11-19)5-7-16(14)17/h3-5,7,9-10,17,20H,2,6,8,12H2,1H3. The van der Waals surface area contributed by atoms with Gasteiger partial charge in [0.1, 0.15) is 0 Å². The molecule has 4 nitrogen and oxygen atoms in total. The van der Waals surface area contributed by atoms with E-state index in [1.165, 1.54) is 11.1 Å². The van der Waals surface area contributed by atoms with Crippen molar-refractivity contribution in [2.75, 3.05) is 0 Å². The first-order valence-corrected chi connectivity index (χ1v) is 7.67. The number of nitrogens with zero attached hydrogens (tertiary/aromatic N) is 2. The summed E-state index contributed by atoms with van der Waals surface area (Å²) in [6.45, 7) is 3.23. The lowest BCUT2D eigenvalue weighted by atomic mass is 10.1. The number of fused-ring (bicyclic) bond motifs is 1. The Balaban J connectivity index is 1.75. The van der Waals surface area contributed by atoms with E-state index in [1.54, 1.807) is 4.57 Å². The fourth-order valence-corrected chi connectivity index (χ4v) is 3.10. The Morgan fingerprint density at radius 2 is 2.27 bits per heavy atom. The maximum absolute atomic E-state index is 12.2. The summed E-state index contributed by atoms with van der Waals surface area (Å²) in [4.78, 5) is 12.2. The van der Waals surface area contributed by atoms with E-state index in [2.05, 4.69) is 11.4 Å². The minimum atomic E-state index is 0.0792. The molecular formula is C18H19N3O. The molecule has 1 aromatic carbocycles. The number of pyridine rings is 1. The van der Waals surface area contributed by atoms with E-state index in [0.717, 1.165) is 18.4 Å². The van der Waals surface area contributed by atoms with Crippen molar-refractivity contribution in [3.05, 3.63) is 69.1 Å². The lowest BCUT2D eigenvalue weighted by molar-refractivity contribution is 0.525. The average molecular weight is 293 g/mol. The van der Waals surface area contributed by atoms with Gasteiger partial charge in [0.25, 0.3) is 5.56 Å². The van der Waals surface area contributed by atoms with Crippen LogP contribution in [0.15, 0.2) is 41.3 Å². The van der Waals surface area contributed by atoms with Crippen LogP contribution in [0.25, 0.3) is 0 Å². The molecular weight excluding hydrogens is 274 g/mol. The number of hydrogen-bond donors (Lipinski definition) is 1. The van der Waals surface area contributed by atoms with E-state index in [4.69, 9.17) is 5.26 Å². The van der Waals surface area contributed by atoms with E-state index < -0.39 is 0 Å². The molecule has 4 heteroatoms. The zero-order valence-electron chi connectivity index (χ0n) is 12.7. The van der Waals surface area contributed by atoms with Gasteiger partial charge in [-0.25, -0.2) is 0 Å². The van der Waals surface area contributed by atoms with Gasteiger partial charge in [-0.15, -0.1) is 0 Å². The minimum Gasteiger partial charge on any atom is -0.316 e. The van der Waals surface area contributed by atoms with Gasteiger partial charge in [0.05, 0.1) is 11.6 Å². The molecule has 1 aliphatic carbocycles. The SMILES string of the molecule is CCn1cccc(CNC2CCc3cc(C#N)ccc32)c1=O. The summed E-state index contributed by atoms with van der Waals surface area (Å²) in [7, 11) is 0. The van der Waals surface area contributed by atoms with Crippen molar-refractivity contribution in [3.63, 3.8) is 0 Å². The highest BCUT2D eigenvalue weighted by molar-refractivity contribution is 5.42. The van der Waals surface area contributed by atoms with Crippen molar-refractivity contribution >= 4 is 0 Å². The van der Waals surface area contributed by atoms with Gasteiger partial charge in [0.15, 0.2) is 0 Å². The molecule has 0 aliphatic heterocycles.